The summed E-state index contributed by atoms with van der Waals surface area (Å²) in [6, 6.07) is -0.626. The number of unbranched alkanes of at least 4 members (excludes halogenated alkanes) is 12. The fourth-order valence-corrected chi connectivity index (χ4v) is 5.94. The van der Waals surface area contributed by atoms with Crippen molar-refractivity contribution in [3.8, 4) is 0 Å². The standard InChI is InChI=1S/C48H81NO7/c1-6-8-10-12-14-16-18-20-22-23-25-26-28-30-32-34-36-38-46(50)55-43-44(42-54-41-40-45(48(52)53)49(3,4)5)56-47(51)39-37-35-33-31-29-27-24-21-19-17-15-13-11-9-7-2/h8,10,14,16-17,19-20,22,25-26,30,32,44-45H,6-7,9,11-13,15,18,21,23-24,27-29,31,33-43H2,1-5H3/p+1/b10-8+,16-14+,19-17+,22-20+,26-25+,32-30+. The van der Waals surface area contributed by atoms with Crippen molar-refractivity contribution in [3.63, 3.8) is 0 Å². The molecule has 8 heteroatoms. The maximum Gasteiger partial charge on any atom is 0.362 e. The number of esters is 2. The molecule has 0 heterocycles. The third-order valence-corrected chi connectivity index (χ3v) is 9.34. The molecule has 320 valence electrons. The summed E-state index contributed by atoms with van der Waals surface area (Å²) in [5, 5.41) is 9.62. The first-order valence-corrected chi connectivity index (χ1v) is 22.0. The molecule has 0 aliphatic heterocycles. The third-order valence-electron chi connectivity index (χ3n) is 9.34. The van der Waals surface area contributed by atoms with E-state index in [9.17, 15) is 19.5 Å². The highest BCUT2D eigenvalue weighted by molar-refractivity contribution is 5.72. The molecule has 0 aromatic heterocycles. The number of nitrogens with zero attached hydrogens (tertiary/aromatic N) is 1. The lowest BCUT2D eigenvalue weighted by atomic mass is 10.1. The van der Waals surface area contributed by atoms with Crippen molar-refractivity contribution in [3.05, 3.63) is 72.9 Å². The van der Waals surface area contributed by atoms with Crippen molar-refractivity contribution < 1.29 is 38.2 Å². The molecule has 0 aromatic carbocycles. The van der Waals surface area contributed by atoms with Gasteiger partial charge in [0.05, 0.1) is 34.4 Å². The van der Waals surface area contributed by atoms with Crippen LogP contribution in [0.5, 0.6) is 0 Å². The lowest BCUT2D eigenvalue weighted by Gasteiger charge is -2.31. The number of likely N-dealkylation sites (N-methyl/N-ethyl adjacent to an activating group) is 1. The molecule has 2 atom stereocenters. The van der Waals surface area contributed by atoms with Crippen LogP contribution in [0.3, 0.4) is 0 Å². The van der Waals surface area contributed by atoms with Gasteiger partial charge in [-0.05, 0) is 77.0 Å². The van der Waals surface area contributed by atoms with Gasteiger partial charge in [-0.15, -0.1) is 0 Å². The maximum atomic E-state index is 12.7. The van der Waals surface area contributed by atoms with Gasteiger partial charge in [-0.2, -0.15) is 0 Å². The molecular formula is C48H82NO7+. The van der Waals surface area contributed by atoms with Crippen molar-refractivity contribution in [2.75, 3.05) is 41.0 Å². The second-order valence-electron chi connectivity index (χ2n) is 15.6. The summed E-state index contributed by atoms with van der Waals surface area (Å²) in [6.45, 7) is 4.53. The van der Waals surface area contributed by atoms with Gasteiger partial charge in [0.2, 0.25) is 0 Å². The van der Waals surface area contributed by atoms with E-state index >= 15 is 0 Å². The molecule has 0 aromatic rings. The zero-order valence-electron chi connectivity index (χ0n) is 36.3. The molecule has 0 aliphatic rings. The fraction of sp³-hybridized carbons (Fsp3) is 0.688. The minimum absolute atomic E-state index is 0.0383. The SMILES string of the molecule is CC/C=C/C/C=C/C/C=C/C/C=C/C/C=C/CCCC(=O)OCC(COCCC(C(=O)O)[N+](C)(C)C)OC(=O)CCCCCCCCC/C=C/CCCCCC. The molecule has 0 radical (unpaired) electrons. The van der Waals surface area contributed by atoms with Crippen LogP contribution >= 0.6 is 0 Å². The van der Waals surface area contributed by atoms with Crippen LogP contribution in [0.25, 0.3) is 0 Å². The van der Waals surface area contributed by atoms with Gasteiger partial charge >= 0.3 is 17.9 Å². The highest BCUT2D eigenvalue weighted by Crippen LogP contribution is 2.13. The molecule has 0 spiro atoms. The molecule has 0 fully saturated rings. The number of carboxylic acid groups (broad SMARTS) is 1. The molecule has 56 heavy (non-hydrogen) atoms. The highest BCUT2D eigenvalue weighted by Gasteiger charge is 2.31. The minimum atomic E-state index is -0.886. The molecule has 0 rings (SSSR count). The van der Waals surface area contributed by atoms with E-state index in [0.29, 0.717) is 19.3 Å². The Morgan fingerprint density at radius 3 is 1.55 bits per heavy atom. The number of hydrogen-bond donors (Lipinski definition) is 1. The van der Waals surface area contributed by atoms with E-state index in [1.165, 1.54) is 64.2 Å². The molecule has 8 nitrogen and oxygen atoms in total. The van der Waals surface area contributed by atoms with Crippen LogP contribution in [0.2, 0.25) is 0 Å². The average molecular weight is 785 g/mol. The van der Waals surface area contributed by atoms with Gasteiger partial charge in [0.25, 0.3) is 0 Å². The number of carbonyl (C=O) groups is 3. The average Bonchev–Trinajstić information content (AvgIpc) is 3.15. The van der Waals surface area contributed by atoms with Crippen LogP contribution in [0.4, 0.5) is 0 Å². The monoisotopic (exact) mass is 785 g/mol. The molecule has 0 aliphatic carbocycles. The summed E-state index contributed by atoms with van der Waals surface area (Å²) in [7, 11) is 5.50. The Labute approximate surface area is 342 Å². The third kappa shape index (κ3) is 36.4. The Hall–Kier alpha value is -3.23. The molecule has 0 amide bonds. The summed E-state index contributed by atoms with van der Waals surface area (Å²) in [5.41, 5.74) is 0. The van der Waals surface area contributed by atoms with Gasteiger partial charge in [0.1, 0.15) is 6.61 Å². The lowest BCUT2D eigenvalue weighted by Crippen LogP contribution is -2.50. The first-order valence-electron chi connectivity index (χ1n) is 22.0. The molecule has 0 saturated carbocycles. The maximum absolute atomic E-state index is 12.7. The van der Waals surface area contributed by atoms with Crippen LogP contribution in [0, 0.1) is 0 Å². The van der Waals surface area contributed by atoms with E-state index in [0.717, 1.165) is 57.8 Å². The van der Waals surface area contributed by atoms with E-state index in [2.05, 4.69) is 86.8 Å². The van der Waals surface area contributed by atoms with Gasteiger partial charge in [-0.1, -0.05) is 138 Å². The summed E-state index contributed by atoms with van der Waals surface area (Å²) in [5.74, 6) is -1.56. The van der Waals surface area contributed by atoms with Crippen molar-refractivity contribution in [1.82, 2.24) is 0 Å². The number of hydrogen-bond acceptors (Lipinski definition) is 6. The van der Waals surface area contributed by atoms with E-state index in [1.807, 2.05) is 21.1 Å². The van der Waals surface area contributed by atoms with Crippen LogP contribution < -0.4 is 0 Å². The largest absolute Gasteiger partial charge is 0.477 e. The van der Waals surface area contributed by atoms with Crippen molar-refractivity contribution >= 4 is 17.9 Å². The number of aliphatic carboxylic acids is 1. The van der Waals surface area contributed by atoms with E-state index < -0.39 is 18.1 Å². The summed E-state index contributed by atoms with van der Waals surface area (Å²) in [4.78, 5) is 36.9. The van der Waals surface area contributed by atoms with E-state index in [1.54, 1.807) is 0 Å². The van der Waals surface area contributed by atoms with Crippen molar-refractivity contribution in [2.45, 2.75) is 174 Å². The number of quaternary nitrogens is 1. The Kier molecular flexibility index (Phi) is 36.4. The fourth-order valence-electron chi connectivity index (χ4n) is 5.94. The minimum Gasteiger partial charge on any atom is -0.477 e. The molecular weight excluding hydrogens is 703 g/mol. The number of allylic oxidation sites excluding steroid dienone is 12. The predicted molar refractivity (Wildman–Crippen MR) is 233 cm³/mol. The Morgan fingerprint density at radius 1 is 0.554 bits per heavy atom. The molecule has 2 unspecified atom stereocenters. The van der Waals surface area contributed by atoms with E-state index in [4.69, 9.17) is 14.2 Å². The van der Waals surface area contributed by atoms with Gasteiger partial charge in [-0.25, -0.2) is 4.79 Å². The molecule has 0 saturated heterocycles. The second-order valence-corrected chi connectivity index (χ2v) is 15.6. The smallest absolute Gasteiger partial charge is 0.362 e. The van der Waals surface area contributed by atoms with Crippen LogP contribution in [-0.4, -0.2) is 80.6 Å². The summed E-state index contributed by atoms with van der Waals surface area (Å²) < 4.78 is 17.2. The Bertz CT molecular complexity index is 1140. The zero-order valence-corrected chi connectivity index (χ0v) is 36.3. The van der Waals surface area contributed by atoms with Gasteiger partial charge in [-0.3, -0.25) is 9.59 Å². The van der Waals surface area contributed by atoms with Crippen LogP contribution in [0.15, 0.2) is 72.9 Å². The van der Waals surface area contributed by atoms with Crippen LogP contribution in [-0.2, 0) is 28.6 Å². The Morgan fingerprint density at radius 2 is 1.02 bits per heavy atom. The predicted octanol–water partition coefficient (Wildman–Crippen LogP) is 12.0. The molecule has 1 N–H and O–H groups in total. The topological polar surface area (TPSA) is 99.1 Å². The number of ether oxygens (including phenoxy) is 3. The lowest BCUT2D eigenvalue weighted by molar-refractivity contribution is -0.887. The first-order chi connectivity index (χ1) is 27.1. The van der Waals surface area contributed by atoms with Gasteiger partial charge in [0.15, 0.2) is 12.1 Å². The normalized spacial score (nSPS) is 13.7. The summed E-state index contributed by atoms with van der Waals surface area (Å²) >= 11 is 0. The summed E-state index contributed by atoms with van der Waals surface area (Å²) in [6.07, 6.45) is 48.0. The van der Waals surface area contributed by atoms with E-state index in [-0.39, 0.29) is 42.7 Å². The number of carboxylic acids is 1. The quantitative estimate of drug-likeness (QED) is 0.0288. The van der Waals surface area contributed by atoms with Crippen molar-refractivity contribution in [1.29, 1.82) is 0 Å². The van der Waals surface area contributed by atoms with Gasteiger partial charge in [0, 0.05) is 19.3 Å². The number of carbonyl (C=O) groups excluding carboxylic acids is 2. The Balaban J connectivity index is 4.46. The van der Waals surface area contributed by atoms with Crippen LogP contribution in [0.1, 0.15) is 162 Å². The molecule has 0 bridgehead atoms. The highest BCUT2D eigenvalue weighted by atomic mass is 16.6. The van der Waals surface area contributed by atoms with Crippen molar-refractivity contribution in [2.24, 2.45) is 0 Å². The van der Waals surface area contributed by atoms with Gasteiger partial charge < -0.3 is 23.8 Å². The number of rotatable bonds is 38. The zero-order chi connectivity index (χ0) is 41.4. The first kappa shape index (κ1) is 52.8. The second kappa shape index (κ2) is 38.6.